The van der Waals surface area contributed by atoms with Crippen molar-refractivity contribution in [3.8, 4) is 12.3 Å². The first kappa shape index (κ1) is 11.2. The summed E-state index contributed by atoms with van der Waals surface area (Å²) in [5.74, 6) is 1.47. The molecule has 1 amide bonds. The lowest BCUT2D eigenvalue weighted by atomic mass is 10.1. The van der Waals surface area contributed by atoms with Gasteiger partial charge in [0, 0.05) is 18.7 Å². The highest BCUT2D eigenvalue weighted by molar-refractivity contribution is 6.02. The number of aromatic carboxylic acids is 1. The number of amides is 1. The minimum atomic E-state index is -0.984. The lowest BCUT2D eigenvalue weighted by Gasteiger charge is -2.15. The Bertz CT molecular complexity index is 528. The van der Waals surface area contributed by atoms with Crippen LogP contribution in [-0.2, 0) is 11.2 Å². The minimum Gasteiger partial charge on any atom is -0.478 e. The smallest absolute Gasteiger partial charge is 0.335 e. The molecule has 0 fully saturated rings. The van der Waals surface area contributed by atoms with Gasteiger partial charge in [-0.1, -0.05) is 0 Å². The first-order valence-electron chi connectivity index (χ1n) is 5.23. The van der Waals surface area contributed by atoms with Crippen LogP contribution in [0.25, 0.3) is 0 Å². The van der Waals surface area contributed by atoms with Crippen molar-refractivity contribution in [1.29, 1.82) is 0 Å². The fraction of sp³-hybridized carbons (Fsp3) is 0.231. The molecule has 1 aromatic carbocycles. The summed E-state index contributed by atoms with van der Waals surface area (Å²) in [4.78, 5) is 24.2. The van der Waals surface area contributed by atoms with Gasteiger partial charge in [0.05, 0.1) is 12.0 Å². The van der Waals surface area contributed by atoms with E-state index in [-0.39, 0.29) is 17.9 Å². The molecule has 86 valence electrons. The van der Waals surface area contributed by atoms with Gasteiger partial charge in [0.25, 0.3) is 0 Å². The van der Waals surface area contributed by atoms with E-state index in [1.54, 1.807) is 17.0 Å². The molecular weight excluding hydrogens is 218 g/mol. The van der Waals surface area contributed by atoms with Crippen LogP contribution in [0.5, 0.6) is 0 Å². The molecule has 0 bridgehead atoms. The predicted molar refractivity (Wildman–Crippen MR) is 62.9 cm³/mol. The highest BCUT2D eigenvalue weighted by Gasteiger charge is 2.27. The van der Waals surface area contributed by atoms with Gasteiger partial charge >= 0.3 is 5.97 Å². The molecular formula is C13H11NO3. The fourth-order valence-corrected chi connectivity index (χ4v) is 1.94. The third-order valence-corrected chi connectivity index (χ3v) is 2.74. The van der Waals surface area contributed by atoms with Crippen LogP contribution in [0.1, 0.15) is 22.3 Å². The van der Waals surface area contributed by atoms with E-state index in [9.17, 15) is 9.59 Å². The Morgan fingerprint density at radius 3 is 2.94 bits per heavy atom. The van der Waals surface area contributed by atoms with E-state index >= 15 is 0 Å². The first-order chi connectivity index (χ1) is 8.13. The summed E-state index contributed by atoms with van der Waals surface area (Å²) in [5.41, 5.74) is 1.73. The van der Waals surface area contributed by atoms with Crippen molar-refractivity contribution in [2.45, 2.75) is 12.8 Å². The predicted octanol–water partition coefficient (Wildman–Crippen LogP) is 1.30. The highest BCUT2D eigenvalue weighted by Crippen LogP contribution is 2.29. The maximum absolute atomic E-state index is 11.7. The summed E-state index contributed by atoms with van der Waals surface area (Å²) in [6.45, 7) is 0.481. The zero-order chi connectivity index (χ0) is 12.4. The highest BCUT2D eigenvalue weighted by atomic mass is 16.4. The van der Waals surface area contributed by atoms with E-state index in [0.29, 0.717) is 13.0 Å². The van der Waals surface area contributed by atoms with Crippen molar-refractivity contribution in [2.75, 3.05) is 11.4 Å². The van der Waals surface area contributed by atoms with Crippen molar-refractivity contribution in [3.05, 3.63) is 29.3 Å². The van der Waals surface area contributed by atoms with Crippen molar-refractivity contribution in [3.63, 3.8) is 0 Å². The van der Waals surface area contributed by atoms with Gasteiger partial charge in [-0.2, -0.15) is 0 Å². The van der Waals surface area contributed by atoms with Crippen molar-refractivity contribution < 1.29 is 14.7 Å². The average molecular weight is 229 g/mol. The van der Waals surface area contributed by atoms with Crippen LogP contribution >= 0.6 is 0 Å². The fourth-order valence-electron chi connectivity index (χ4n) is 1.94. The quantitative estimate of drug-likeness (QED) is 0.795. The first-order valence-corrected chi connectivity index (χ1v) is 5.23. The molecule has 4 nitrogen and oxygen atoms in total. The third-order valence-electron chi connectivity index (χ3n) is 2.74. The van der Waals surface area contributed by atoms with Gasteiger partial charge in [0.2, 0.25) is 5.91 Å². The second-order valence-corrected chi connectivity index (χ2v) is 3.82. The number of carbonyl (C=O) groups excluding carboxylic acids is 1. The van der Waals surface area contributed by atoms with Crippen molar-refractivity contribution in [1.82, 2.24) is 0 Å². The number of terminal acetylenes is 1. The molecule has 2 rings (SSSR count). The minimum absolute atomic E-state index is 0.0298. The summed E-state index contributed by atoms with van der Waals surface area (Å²) in [7, 11) is 0. The van der Waals surface area contributed by atoms with E-state index in [1.807, 2.05) is 0 Å². The van der Waals surface area contributed by atoms with E-state index in [1.165, 1.54) is 6.07 Å². The number of fused-ring (bicyclic) bond motifs is 1. The normalized spacial score (nSPS) is 13.4. The molecule has 17 heavy (non-hydrogen) atoms. The molecule has 0 unspecified atom stereocenters. The topological polar surface area (TPSA) is 57.6 Å². The zero-order valence-corrected chi connectivity index (χ0v) is 9.14. The van der Waals surface area contributed by atoms with Crippen LogP contribution in [-0.4, -0.2) is 23.5 Å². The largest absolute Gasteiger partial charge is 0.478 e. The Kier molecular flexibility index (Phi) is 2.84. The maximum Gasteiger partial charge on any atom is 0.335 e. The number of nitrogens with zero attached hydrogens (tertiary/aromatic N) is 1. The second kappa shape index (κ2) is 4.30. The molecule has 0 radical (unpaired) electrons. The summed E-state index contributed by atoms with van der Waals surface area (Å²) in [6.07, 6.45) is 5.91. The van der Waals surface area contributed by atoms with Crippen LogP contribution in [0.4, 0.5) is 5.69 Å². The summed E-state index contributed by atoms with van der Waals surface area (Å²) < 4.78 is 0. The molecule has 1 heterocycles. The van der Waals surface area contributed by atoms with Crippen LogP contribution < -0.4 is 4.90 Å². The molecule has 0 saturated carbocycles. The number of carboxylic acid groups (broad SMARTS) is 1. The molecule has 1 aromatic rings. The maximum atomic E-state index is 11.7. The lowest BCUT2D eigenvalue weighted by molar-refractivity contribution is -0.117. The van der Waals surface area contributed by atoms with E-state index < -0.39 is 5.97 Å². The van der Waals surface area contributed by atoms with E-state index in [2.05, 4.69) is 5.92 Å². The number of carbonyl (C=O) groups is 2. The zero-order valence-electron chi connectivity index (χ0n) is 9.14. The number of carboxylic acids is 1. The Hall–Kier alpha value is -2.28. The molecule has 1 N–H and O–H groups in total. The third kappa shape index (κ3) is 2.00. The van der Waals surface area contributed by atoms with Gasteiger partial charge in [-0.05, 0) is 23.8 Å². The SMILES string of the molecule is C#CCCN1C(=O)Cc2cc(C(=O)O)ccc21. The van der Waals surface area contributed by atoms with Crippen LogP contribution in [0.3, 0.4) is 0 Å². The number of rotatable bonds is 3. The van der Waals surface area contributed by atoms with Gasteiger partial charge in [-0.25, -0.2) is 4.79 Å². The van der Waals surface area contributed by atoms with Crippen LogP contribution in [0.15, 0.2) is 18.2 Å². The molecule has 0 spiro atoms. The second-order valence-electron chi connectivity index (χ2n) is 3.82. The van der Waals surface area contributed by atoms with Gasteiger partial charge in [-0.3, -0.25) is 4.79 Å². The number of hydrogen-bond donors (Lipinski definition) is 1. The molecule has 4 heteroatoms. The number of anilines is 1. The molecule has 0 aliphatic carbocycles. The molecule has 1 aliphatic heterocycles. The van der Waals surface area contributed by atoms with E-state index in [4.69, 9.17) is 11.5 Å². The summed E-state index contributed by atoms with van der Waals surface area (Å²) >= 11 is 0. The molecule has 0 atom stereocenters. The lowest BCUT2D eigenvalue weighted by Crippen LogP contribution is -2.27. The van der Waals surface area contributed by atoms with Gasteiger partial charge in [-0.15, -0.1) is 12.3 Å². The summed E-state index contributed by atoms with van der Waals surface area (Å²) in [5, 5.41) is 8.86. The van der Waals surface area contributed by atoms with Gasteiger partial charge in [0.1, 0.15) is 0 Å². The molecule has 0 aromatic heterocycles. The van der Waals surface area contributed by atoms with Crippen LogP contribution in [0, 0.1) is 12.3 Å². The number of benzene rings is 1. The average Bonchev–Trinajstić information content (AvgIpc) is 2.61. The van der Waals surface area contributed by atoms with E-state index in [0.717, 1.165) is 11.3 Å². The van der Waals surface area contributed by atoms with Gasteiger partial charge in [0.15, 0.2) is 0 Å². The van der Waals surface area contributed by atoms with Crippen molar-refractivity contribution in [2.24, 2.45) is 0 Å². The Balaban J connectivity index is 2.32. The molecule has 0 saturated heterocycles. The Morgan fingerprint density at radius 1 is 1.53 bits per heavy atom. The van der Waals surface area contributed by atoms with Crippen LogP contribution in [0.2, 0.25) is 0 Å². The molecule has 1 aliphatic rings. The number of hydrogen-bond acceptors (Lipinski definition) is 2. The Morgan fingerprint density at radius 2 is 2.29 bits per heavy atom. The van der Waals surface area contributed by atoms with Gasteiger partial charge < -0.3 is 10.0 Å². The Labute approximate surface area is 98.9 Å². The summed E-state index contributed by atoms with van der Waals surface area (Å²) in [6, 6.07) is 4.72. The standard InChI is InChI=1S/C13H11NO3/c1-2-3-6-14-11-5-4-9(13(16)17)7-10(11)8-12(14)15/h1,4-5,7H,3,6,8H2,(H,16,17). The monoisotopic (exact) mass is 229 g/mol. The van der Waals surface area contributed by atoms with Crippen molar-refractivity contribution >= 4 is 17.6 Å².